The van der Waals surface area contributed by atoms with Gasteiger partial charge in [0.05, 0.1) is 11.3 Å². The summed E-state index contributed by atoms with van der Waals surface area (Å²) >= 11 is 1.58. The normalized spacial score (nSPS) is 11.7. The van der Waals surface area contributed by atoms with E-state index in [4.69, 9.17) is 4.42 Å². The molecule has 0 saturated carbocycles. The predicted octanol–water partition coefficient (Wildman–Crippen LogP) is 3.00. The number of hydrogen-bond acceptors (Lipinski definition) is 7. The van der Waals surface area contributed by atoms with Gasteiger partial charge in [-0.3, -0.25) is 10.1 Å². The molecule has 10 heteroatoms. The number of sulfonamides is 1. The number of amides is 1. The molecule has 148 valence electrons. The summed E-state index contributed by atoms with van der Waals surface area (Å²) in [6.07, 6.45) is 0.498. The average Bonchev–Trinajstić information content (AvgIpc) is 3.35. The van der Waals surface area contributed by atoms with Gasteiger partial charge in [-0.25, -0.2) is 8.42 Å². The van der Waals surface area contributed by atoms with E-state index >= 15 is 0 Å². The molecular weight excluding hydrogens is 400 g/mol. The van der Waals surface area contributed by atoms with E-state index < -0.39 is 15.9 Å². The molecule has 0 aliphatic heterocycles. The molecule has 28 heavy (non-hydrogen) atoms. The van der Waals surface area contributed by atoms with Gasteiger partial charge in [-0.05, 0) is 35.7 Å². The minimum Gasteiger partial charge on any atom is -0.407 e. The lowest BCUT2D eigenvalue weighted by Crippen LogP contribution is -2.30. The first kappa shape index (κ1) is 20.2. The second kappa shape index (κ2) is 8.63. The molecule has 1 amide bonds. The number of benzene rings is 1. The minimum atomic E-state index is -3.56. The van der Waals surface area contributed by atoms with Crippen LogP contribution >= 0.6 is 11.3 Å². The predicted molar refractivity (Wildman–Crippen MR) is 106 cm³/mol. The van der Waals surface area contributed by atoms with Crippen LogP contribution in [0.2, 0.25) is 0 Å². The summed E-state index contributed by atoms with van der Waals surface area (Å²) in [7, 11) is -3.56. The highest BCUT2D eigenvalue weighted by molar-refractivity contribution is 7.89. The Morgan fingerprint density at radius 2 is 1.86 bits per heavy atom. The first-order valence-corrected chi connectivity index (χ1v) is 11.0. The van der Waals surface area contributed by atoms with Crippen molar-refractivity contribution in [3.8, 4) is 0 Å². The van der Waals surface area contributed by atoms with Crippen molar-refractivity contribution in [2.75, 3.05) is 18.4 Å². The standard InChI is InChI=1S/C18H20N4O4S2/c1-3-22(4-2)28(24,25)15-9-7-13(8-10-15)17(23)19-18-21-20-16(26-18)12-14-6-5-11-27-14/h5-11H,3-4,12H2,1-2H3,(H,19,21,23). The van der Waals surface area contributed by atoms with Gasteiger partial charge < -0.3 is 4.42 Å². The van der Waals surface area contributed by atoms with Gasteiger partial charge >= 0.3 is 6.01 Å². The van der Waals surface area contributed by atoms with Gasteiger partial charge in [-0.1, -0.05) is 25.0 Å². The number of anilines is 1. The van der Waals surface area contributed by atoms with Gasteiger partial charge in [0.25, 0.3) is 5.91 Å². The lowest BCUT2D eigenvalue weighted by molar-refractivity contribution is 0.102. The molecule has 0 bridgehead atoms. The summed E-state index contributed by atoms with van der Waals surface area (Å²) in [5.41, 5.74) is 0.288. The van der Waals surface area contributed by atoms with Crippen molar-refractivity contribution in [3.63, 3.8) is 0 Å². The molecule has 3 aromatic rings. The summed E-state index contributed by atoms with van der Waals surface area (Å²) in [4.78, 5) is 13.6. The molecule has 0 unspecified atom stereocenters. The Labute approximate surface area is 167 Å². The van der Waals surface area contributed by atoms with E-state index in [1.165, 1.54) is 28.6 Å². The summed E-state index contributed by atoms with van der Waals surface area (Å²) in [6, 6.07) is 9.63. The number of nitrogens with zero attached hydrogens (tertiary/aromatic N) is 3. The topological polar surface area (TPSA) is 105 Å². The molecule has 0 spiro atoms. The zero-order valence-corrected chi connectivity index (χ0v) is 17.1. The van der Waals surface area contributed by atoms with Crippen molar-refractivity contribution < 1.29 is 17.6 Å². The molecular formula is C18H20N4O4S2. The second-order valence-corrected chi connectivity index (χ2v) is 8.80. The fourth-order valence-corrected chi connectivity index (χ4v) is 4.75. The van der Waals surface area contributed by atoms with Crippen molar-refractivity contribution in [1.29, 1.82) is 0 Å². The van der Waals surface area contributed by atoms with E-state index in [-0.39, 0.29) is 16.5 Å². The Morgan fingerprint density at radius 3 is 2.46 bits per heavy atom. The largest absolute Gasteiger partial charge is 0.407 e. The molecule has 1 aromatic carbocycles. The van der Waals surface area contributed by atoms with Crippen LogP contribution in [0.5, 0.6) is 0 Å². The van der Waals surface area contributed by atoms with Gasteiger partial charge in [0.15, 0.2) is 0 Å². The molecule has 0 atom stereocenters. The monoisotopic (exact) mass is 420 g/mol. The van der Waals surface area contributed by atoms with Gasteiger partial charge in [0.1, 0.15) is 0 Å². The SMILES string of the molecule is CCN(CC)S(=O)(=O)c1ccc(C(=O)Nc2nnc(Cc3cccs3)o2)cc1. The molecule has 8 nitrogen and oxygen atoms in total. The van der Waals surface area contributed by atoms with Gasteiger partial charge in [0.2, 0.25) is 15.9 Å². The highest BCUT2D eigenvalue weighted by Crippen LogP contribution is 2.18. The van der Waals surface area contributed by atoms with Crippen LogP contribution in [-0.2, 0) is 16.4 Å². The van der Waals surface area contributed by atoms with Crippen molar-refractivity contribution in [3.05, 3.63) is 58.1 Å². The lowest BCUT2D eigenvalue weighted by atomic mass is 10.2. The number of rotatable bonds is 8. The van der Waals surface area contributed by atoms with Crippen LogP contribution in [0, 0.1) is 0 Å². The molecule has 0 aliphatic rings. The first-order valence-electron chi connectivity index (χ1n) is 8.70. The van der Waals surface area contributed by atoms with E-state index in [0.717, 1.165) is 4.88 Å². The van der Waals surface area contributed by atoms with Gasteiger partial charge in [0, 0.05) is 23.5 Å². The van der Waals surface area contributed by atoms with E-state index in [0.29, 0.717) is 25.4 Å². The first-order chi connectivity index (χ1) is 13.4. The van der Waals surface area contributed by atoms with Gasteiger partial charge in [-0.15, -0.1) is 16.4 Å². The Bertz CT molecular complexity index is 1020. The van der Waals surface area contributed by atoms with E-state index in [2.05, 4.69) is 15.5 Å². The molecule has 2 heterocycles. The molecule has 0 fully saturated rings. The number of aromatic nitrogens is 2. The van der Waals surface area contributed by atoms with E-state index in [1.807, 2.05) is 17.5 Å². The Hall–Kier alpha value is -2.56. The maximum absolute atomic E-state index is 12.5. The maximum Gasteiger partial charge on any atom is 0.322 e. The van der Waals surface area contributed by atoms with Crippen LogP contribution in [-0.4, -0.2) is 41.9 Å². The third kappa shape index (κ3) is 4.46. The van der Waals surface area contributed by atoms with Crippen molar-refractivity contribution in [1.82, 2.24) is 14.5 Å². The average molecular weight is 421 g/mol. The highest BCUT2D eigenvalue weighted by Gasteiger charge is 2.22. The Balaban J connectivity index is 1.67. The zero-order chi connectivity index (χ0) is 20.1. The van der Waals surface area contributed by atoms with Crippen LogP contribution < -0.4 is 5.32 Å². The smallest absolute Gasteiger partial charge is 0.322 e. The van der Waals surface area contributed by atoms with Crippen LogP contribution in [0.3, 0.4) is 0 Å². The second-order valence-electron chi connectivity index (χ2n) is 5.82. The quantitative estimate of drug-likeness (QED) is 0.601. The fourth-order valence-electron chi connectivity index (χ4n) is 2.60. The molecule has 0 aliphatic carbocycles. The highest BCUT2D eigenvalue weighted by atomic mass is 32.2. The summed E-state index contributed by atoms with van der Waals surface area (Å²) < 4.78 is 31.8. The number of carbonyl (C=O) groups is 1. The number of hydrogen-bond donors (Lipinski definition) is 1. The summed E-state index contributed by atoms with van der Waals surface area (Å²) in [5, 5.41) is 12.2. The molecule has 0 saturated heterocycles. The van der Waals surface area contributed by atoms with Crippen LogP contribution in [0.15, 0.2) is 51.1 Å². The molecule has 3 rings (SSSR count). The van der Waals surface area contributed by atoms with Crippen molar-refractivity contribution in [2.24, 2.45) is 0 Å². The van der Waals surface area contributed by atoms with Crippen LogP contribution in [0.25, 0.3) is 0 Å². The van der Waals surface area contributed by atoms with E-state index in [1.54, 1.807) is 25.2 Å². The fraction of sp³-hybridized carbons (Fsp3) is 0.278. The lowest BCUT2D eigenvalue weighted by Gasteiger charge is -2.18. The third-order valence-corrected chi connectivity index (χ3v) is 6.99. The van der Waals surface area contributed by atoms with Crippen LogP contribution in [0.4, 0.5) is 6.01 Å². The summed E-state index contributed by atoms with van der Waals surface area (Å²) in [6.45, 7) is 4.32. The van der Waals surface area contributed by atoms with E-state index in [9.17, 15) is 13.2 Å². The Morgan fingerprint density at radius 1 is 1.14 bits per heavy atom. The minimum absolute atomic E-state index is 0.00334. The van der Waals surface area contributed by atoms with Crippen LogP contribution in [0.1, 0.15) is 35.0 Å². The number of thiophene rings is 1. The maximum atomic E-state index is 12.5. The van der Waals surface area contributed by atoms with Crippen molar-refractivity contribution in [2.45, 2.75) is 25.2 Å². The summed E-state index contributed by atoms with van der Waals surface area (Å²) in [5.74, 6) is -0.0588. The molecule has 2 aromatic heterocycles. The molecule has 1 N–H and O–H groups in total. The van der Waals surface area contributed by atoms with Crippen molar-refractivity contribution >= 4 is 33.3 Å². The Kier molecular flexibility index (Phi) is 6.22. The zero-order valence-electron chi connectivity index (χ0n) is 15.5. The number of carbonyl (C=O) groups excluding carboxylic acids is 1. The molecule has 0 radical (unpaired) electrons. The third-order valence-electron chi connectivity index (χ3n) is 4.05. The van der Waals surface area contributed by atoms with Gasteiger partial charge in [-0.2, -0.15) is 4.31 Å². The number of nitrogens with one attached hydrogen (secondary N) is 1.